The number of hydrogen-bond donors (Lipinski definition) is 8. The first-order chi connectivity index (χ1) is 23.6. The van der Waals surface area contributed by atoms with Crippen molar-refractivity contribution >= 4 is 11.9 Å². The number of aromatic carboxylic acids is 2. The van der Waals surface area contributed by atoms with E-state index in [4.69, 9.17) is 37.3 Å². The number of carboxylic acid groups (broad SMARTS) is 2. The zero-order chi connectivity index (χ0) is 37.9. The van der Waals surface area contributed by atoms with Crippen molar-refractivity contribution in [1.82, 2.24) is 42.5 Å². The van der Waals surface area contributed by atoms with Crippen LogP contribution in [0.25, 0.3) is 0 Å². The first-order valence-corrected chi connectivity index (χ1v) is 18.5. The second-order valence-corrected chi connectivity index (χ2v) is 11.8. The maximum Gasteiger partial charge on any atom is 2.00 e. The van der Waals surface area contributed by atoms with Gasteiger partial charge in [-0.2, -0.15) is 0 Å². The van der Waals surface area contributed by atoms with Crippen LogP contribution in [0.2, 0.25) is 0 Å². The Morgan fingerprint density at radius 1 is 0.370 bits per heavy atom. The van der Waals surface area contributed by atoms with Crippen LogP contribution in [0.4, 0.5) is 0 Å². The van der Waals surface area contributed by atoms with Gasteiger partial charge in [-0.3, -0.25) is 0 Å². The van der Waals surface area contributed by atoms with E-state index in [1.165, 1.54) is 25.7 Å². The summed E-state index contributed by atoms with van der Waals surface area (Å²) >= 11 is 0. The van der Waals surface area contributed by atoms with Gasteiger partial charge in [-0.1, -0.05) is 24.3 Å². The topological polar surface area (TPSA) is 424 Å². The van der Waals surface area contributed by atoms with Crippen molar-refractivity contribution in [2.75, 3.05) is 105 Å². The number of hydrogen-bond acceptors (Lipinski definition) is 20. The van der Waals surface area contributed by atoms with Crippen LogP contribution in [0.3, 0.4) is 0 Å². The number of carbonyl (C=O) groups excluding carboxylic acids is 2. The minimum Gasteiger partial charge on any atom is -0.545 e. The van der Waals surface area contributed by atoms with Crippen LogP contribution in [0.15, 0.2) is 24.3 Å². The summed E-state index contributed by atoms with van der Waals surface area (Å²) in [6.45, 7) is 17.7. The Morgan fingerprint density at radius 3 is 0.611 bits per heavy atom. The number of nitrogens with one attached hydrogen (secondary N) is 8. The zero-order valence-electron chi connectivity index (χ0n) is 29.7. The van der Waals surface area contributed by atoms with Crippen LogP contribution in [-0.2, 0) is 33.0 Å². The Balaban J connectivity index is -0.000000138. The molecule has 0 atom stereocenters. The Labute approximate surface area is 340 Å². The molecule has 0 spiro atoms. The van der Waals surface area contributed by atoms with Crippen molar-refractivity contribution in [3.05, 3.63) is 35.4 Å². The molecule has 0 saturated carbocycles. The molecule has 0 aliphatic carbocycles. The number of rotatable bonds is 2. The zero-order valence-corrected chi connectivity index (χ0v) is 33.2. The molecule has 0 amide bonds. The molecule has 26 heteroatoms. The van der Waals surface area contributed by atoms with Gasteiger partial charge < -0.3 is 73.3 Å². The van der Waals surface area contributed by atoms with Gasteiger partial charge >= 0.3 is 33.0 Å². The first kappa shape index (κ1) is 64.9. The average Bonchev–Trinajstić information content (AvgIpc) is 3.02. The minimum atomic E-state index is -4.94. The summed E-state index contributed by atoms with van der Waals surface area (Å²) in [5.41, 5.74) is -0.111. The fraction of sp³-hybridized carbons (Fsp3) is 0.714. The van der Waals surface area contributed by atoms with Gasteiger partial charge in [0.1, 0.15) is 0 Å². The molecule has 2 fully saturated rings. The maximum absolute atomic E-state index is 10.2. The molecule has 1 aromatic carbocycles. The maximum atomic E-state index is 10.2. The molecule has 2 aliphatic rings. The summed E-state index contributed by atoms with van der Waals surface area (Å²) in [6.07, 6.45) is 4.89. The molecule has 0 aromatic heterocycles. The molecule has 12 N–H and O–H groups in total. The van der Waals surface area contributed by atoms with Crippen molar-refractivity contribution in [3.8, 4) is 0 Å². The van der Waals surface area contributed by atoms with Gasteiger partial charge in [-0.05, 0) is 89.2 Å². The van der Waals surface area contributed by atoms with E-state index >= 15 is 0 Å². The van der Waals surface area contributed by atoms with Gasteiger partial charge in [0.25, 0.3) is 0 Å². The molecule has 326 valence electrons. The molecular weight excluding hydrogens is 861 g/mol. The molecule has 1 aromatic rings. The van der Waals surface area contributed by atoms with E-state index < -0.39 is 32.4 Å². The summed E-state index contributed by atoms with van der Waals surface area (Å²) in [4.78, 5) is 20.4. The Kier molecular flexibility index (Phi) is 53.7. The Hall–Kier alpha value is -0.993. The number of halogens is 2. The molecule has 3 rings (SSSR count). The first-order valence-electron chi connectivity index (χ1n) is 16.0. The third kappa shape index (κ3) is 63.0. The normalized spacial score (nSPS) is 16.7. The third-order valence-electron chi connectivity index (χ3n) is 6.10. The van der Waals surface area contributed by atoms with E-state index in [1.807, 2.05) is 0 Å². The largest absolute Gasteiger partial charge is 2.00 e. The van der Waals surface area contributed by atoms with Gasteiger partial charge in [0, 0.05) is 52.4 Å². The smallest absolute Gasteiger partial charge is 0.545 e. The van der Waals surface area contributed by atoms with Gasteiger partial charge in [0.15, 0.2) is 0 Å². The Morgan fingerprint density at radius 2 is 0.500 bits per heavy atom. The average molecular weight is 917 g/mol. The van der Waals surface area contributed by atoms with E-state index in [0.717, 1.165) is 129 Å². The number of carboxylic acids is 2. The van der Waals surface area contributed by atoms with Crippen LogP contribution in [0.1, 0.15) is 46.4 Å². The van der Waals surface area contributed by atoms with E-state index in [9.17, 15) is 19.8 Å². The number of carbonyl (C=O) groups is 2. The van der Waals surface area contributed by atoms with Gasteiger partial charge in [0.05, 0.1) is 11.9 Å². The quantitative estimate of drug-likeness (QED) is 0.128. The Bertz CT molecular complexity index is 758. The van der Waals surface area contributed by atoms with Crippen molar-refractivity contribution in [1.29, 1.82) is 0 Å². The van der Waals surface area contributed by atoms with Crippen molar-refractivity contribution in [3.63, 3.8) is 0 Å². The van der Waals surface area contributed by atoms with Crippen LogP contribution in [0.5, 0.6) is 0 Å². The fourth-order valence-corrected chi connectivity index (χ4v) is 3.80. The van der Waals surface area contributed by atoms with Crippen LogP contribution < -0.4 is 90.0 Å². The molecule has 0 radical (unpaired) electrons. The second kappa shape index (κ2) is 44.7. The summed E-state index contributed by atoms with van der Waals surface area (Å²) in [6, 6.07) is 4.61. The molecule has 2 aliphatic heterocycles. The minimum absolute atomic E-state index is 0. The third-order valence-corrected chi connectivity index (χ3v) is 6.10. The summed E-state index contributed by atoms with van der Waals surface area (Å²) in [5.74, 6) is -2.67. The van der Waals surface area contributed by atoms with Crippen molar-refractivity contribution < 1.29 is 121 Å². The summed E-state index contributed by atoms with van der Waals surface area (Å²) in [7, 11) is -9.89. The van der Waals surface area contributed by atoms with Crippen molar-refractivity contribution in [2.24, 2.45) is 0 Å². The molecule has 22 nitrogen and oxygen atoms in total. The standard InChI is InChI=1S/2C10H24N4.C8H6O4.2ClHO4.2Ni.2H2O/c2*1-3-11-7-9-13-5-2-6-14-10-8-12-4-1;9-7(10)5-1-2-6(4-3-5)8(11)12;2*2-1(3,4)5;;;;/h2*11-14H,1-10H2;1-4H,(H,9,10)(H,11,12);2*(H,2,3,4,5);;;2*1H2/q;;;;;2*+2;;/p-4. The van der Waals surface area contributed by atoms with Gasteiger partial charge in [-0.25, -0.2) is 37.3 Å². The van der Waals surface area contributed by atoms with E-state index in [0.29, 0.717) is 0 Å². The second-order valence-electron chi connectivity index (χ2n) is 10.3. The predicted octanol–water partition coefficient (Wildman–Crippen LogP) is -14.5. The van der Waals surface area contributed by atoms with Crippen LogP contribution in [-0.4, -0.2) is 128 Å². The summed E-state index contributed by atoms with van der Waals surface area (Å²) < 4.78 is 67.9. The molecular formula is C28H56Cl2N8Ni2O14. The van der Waals surface area contributed by atoms with Crippen molar-refractivity contribution in [2.45, 2.75) is 25.7 Å². The van der Waals surface area contributed by atoms with Gasteiger partial charge in [-0.15, -0.1) is 20.5 Å². The molecule has 0 unspecified atom stereocenters. The van der Waals surface area contributed by atoms with Gasteiger partial charge in [0.2, 0.25) is 0 Å². The molecule has 0 bridgehead atoms. The molecule has 2 saturated heterocycles. The summed E-state index contributed by atoms with van der Waals surface area (Å²) in [5, 5.41) is 47.8. The van der Waals surface area contributed by atoms with Crippen LogP contribution >= 0.6 is 0 Å². The van der Waals surface area contributed by atoms with E-state index in [-0.39, 0.29) is 55.1 Å². The SMILES string of the molecule is C1CNCCNCCCNCCNC1.C1CNCCNCCCNCCNC1.O.O.O=C([O-])c1ccc(C(=O)[O-])cc1.[Ni+2].[Ni+2].[O-][Cl+3]([O-])([O-])[O-].[O-][Cl+3]([O-])([O-])[O-]. The molecule has 2 heterocycles. The van der Waals surface area contributed by atoms with E-state index in [1.54, 1.807) is 0 Å². The van der Waals surface area contributed by atoms with E-state index in [2.05, 4.69) is 42.5 Å². The fourth-order valence-electron chi connectivity index (χ4n) is 3.80. The predicted molar refractivity (Wildman–Crippen MR) is 164 cm³/mol. The molecule has 54 heavy (non-hydrogen) atoms. The monoisotopic (exact) mass is 914 g/mol. The number of benzene rings is 1. The van der Waals surface area contributed by atoms with Crippen LogP contribution in [0, 0.1) is 20.5 Å².